The molecule has 2 heterocycles. The lowest BCUT2D eigenvalue weighted by Gasteiger charge is -2.11. The summed E-state index contributed by atoms with van der Waals surface area (Å²) in [7, 11) is -0.0299. The Kier molecular flexibility index (Phi) is 4.88. The van der Waals surface area contributed by atoms with Crippen LogP contribution in [0.5, 0.6) is 5.88 Å². The first kappa shape index (κ1) is 17.9. The molecule has 0 atom stereocenters. The molecular weight excluding hydrogens is 359 g/mol. The molecule has 0 saturated carbocycles. The molecule has 0 radical (unpaired) electrons. The van der Waals surface area contributed by atoms with E-state index in [1.165, 1.54) is 7.11 Å². The molecule has 0 spiro atoms. The lowest BCUT2D eigenvalue weighted by molar-refractivity contribution is 0.390. The van der Waals surface area contributed by atoms with Gasteiger partial charge >= 0.3 is 7.12 Å². The van der Waals surface area contributed by atoms with Crippen molar-refractivity contribution in [1.29, 1.82) is 0 Å². The summed E-state index contributed by atoms with van der Waals surface area (Å²) >= 11 is 0. The van der Waals surface area contributed by atoms with Crippen LogP contribution >= 0.6 is 0 Å². The monoisotopic (exact) mass is 376 g/mol. The molecule has 0 amide bonds. The molecule has 2 aromatic carbocycles. The van der Waals surface area contributed by atoms with E-state index in [4.69, 9.17) is 4.74 Å². The highest BCUT2D eigenvalue weighted by atomic mass is 16.5. The Bertz CT molecular complexity index is 1120. The van der Waals surface area contributed by atoms with Crippen molar-refractivity contribution < 1.29 is 14.8 Å². The van der Waals surface area contributed by atoms with Crippen molar-refractivity contribution in [3.8, 4) is 11.8 Å². The van der Waals surface area contributed by atoms with Gasteiger partial charge in [0.25, 0.3) is 11.8 Å². The van der Waals surface area contributed by atoms with Crippen LogP contribution in [0.25, 0.3) is 16.9 Å². The number of methoxy groups -OCH3 is 1. The van der Waals surface area contributed by atoms with E-state index < -0.39 is 7.12 Å². The number of nitrogens with one attached hydrogen (secondary N) is 1. The largest absolute Gasteiger partial charge is 0.488 e. The molecule has 0 aliphatic rings. The minimum absolute atomic E-state index is 0.249. The Labute approximate surface area is 160 Å². The van der Waals surface area contributed by atoms with E-state index in [1.807, 2.05) is 30.3 Å². The zero-order valence-electron chi connectivity index (χ0n) is 15.0. The van der Waals surface area contributed by atoms with E-state index in [1.54, 1.807) is 29.1 Å². The van der Waals surface area contributed by atoms with E-state index in [0.717, 1.165) is 16.5 Å². The number of ether oxygens (including phenoxy) is 1. The molecule has 0 saturated heterocycles. The van der Waals surface area contributed by atoms with Gasteiger partial charge in [0.2, 0.25) is 0 Å². The highest BCUT2D eigenvalue weighted by molar-refractivity contribution is 6.58. The maximum Gasteiger partial charge on any atom is 0.488 e. The maximum atomic E-state index is 9.32. The van der Waals surface area contributed by atoms with E-state index in [2.05, 4.69) is 25.6 Å². The van der Waals surface area contributed by atoms with Crippen molar-refractivity contribution in [3.05, 3.63) is 60.3 Å². The summed E-state index contributed by atoms with van der Waals surface area (Å²) in [6.45, 7) is 0.384. The minimum atomic E-state index is -1.52. The fourth-order valence-corrected chi connectivity index (χ4v) is 2.83. The van der Waals surface area contributed by atoms with Crippen LogP contribution in [0.3, 0.4) is 0 Å². The Morgan fingerprint density at radius 2 is 1.96 bits per heavy atom. The number of fused-ring (bicyclic) bond motifs is 1. The molecule has 4 aromatic rings. The van der Waals surface area contributed by atoms with Crippen LogP contribution in [0.2, 0.25) is 0 Å². The van der Waals surface area contributed by atoms with E-state index in [-0.39, 0.29) is 5.88 Å². The molecule has 2 aromatic heterocycles. The number of nitrogens with zero attached hydrogens (tertiary/aromatic N) is 5. The second kappa shape index (κ2) is 7.63. The molecule has 0 aliphatic carbocycles. The Morgan fingerprint density at radius 3 is 2.79 bits per heavy atom. The van der Waals surface area contributed by atoms with E-state index >= 15 is 0 Å². The average Bonchev–Trinajstić information content (AvgIpc) is 3.16. The first-order valence-electron chi connectivity index (χ1n) is 8.56. The molecular formula is C18H17BN6O3. The Balaban J connectivity index is 1.63. The topological polar surface area (TPSA) is 118 Å². The summed E-state index contributed by atoms with van der Waals surface area (Å²) in [6, 6.07) is 14.7. The van der Waals surface area contributed by atoms with Crippen LogP contribution in [0, 0.1) is 0 Å². The normalized spacial score (nSPS) is 10.8. The van der Waals surface area contributed by atoms with Crippen LogP contribution in [0.15, 0.2) is 54.7 Å². The van der Waals surface area contributed by atoms with Gasteiger partial charge in [0.05, 0.1) is 18.8 Å². The summed E-state index contributed by atoms with van der Waals surface area (Å²) in [6.07, 6.45) is 1.74. The molecule has 0 aliphatic heterocycles. The fraction of sp³-hybridized carbons (Fsp3) is 0.111. The molecule has 4 rings (SSSR count). The molecule has 10 heteroatoms. The van der Waals surface area contributed by atoms with Crippen molar-refractivity contribution in [2.24, 2.45) is 0 Å². The van der Waals surface area contributed by atoms with Gasteiger partial charge in [-0.2, -0.15) is 14.8 Å². The van der Waals surface area contributed by atoms with Gasteiger partial charge in [-0.25, -0.2) is 0 Å². The van der Waals surface area contributed by atoms with Crippen molar-refractivity contribution in [2.45, 2.75) is 6.54 Å². The third-order valence-electron chi connectivity index (χ3n) is 4.21. The van der Waals surface area contributed by atoms with E-state index in [0.29, 0.717) is 23.8 Å². The lowest BCUT2D eigenvalue weighted by Crippen LogP contribution is -2.30. The smallest absolute Gasteiger partial charge is 0.477 e. The molecule has 0 bridgehead atoms. The lowest BCUT2D eigenvalue weighted by atomic mass is 9.80. The molecule has 28 heavy (non-hydrogen) atoms. The second-order valence-electron chi connectivity index (χ2n) is 6.06. The summed E-state index contributed by atoms with van der Waals surface area (Å²) < 4.78 is 6.85. The summed E-state index contributed by atoms with van der Waals surface area (Å²) in [5, 5.41) is 35.3. The average molecular weight is 376 g/mol. The Hall–Kier alpha value is -3.50. The predicted molar refractivity (Wildman–Crippen MR) is 105 cm³/mol. The molecule has 9 nitrogen and oxygen atoms in total. The van der Waals surface area contributed by atoms with Crippen LogP contribution in [0.4, 0.5) is 5.82 Å². The first-order valence-corrected chi connectivity index (χ1v) is 8.56. The van der Waals surface area contributed by atoms with E-state index in [9.17, 15) is 10.0 Å². The third kappa shape index (κ3) is 3.50. The number of anilines is 1. The SMILES string of the molecule is COc1nnc(-n2ncc3ccccc32)nc1NCc1cccc(B(O)O)c1. The number of para-hydroxylation sites is 1. The zero-order chi connectivity index (χ0) is 19.5. The van der Waals surface area contributed by atoms with Gasteiger partial charge < -0.3 is 20.1 Å². The number of benzene rings is 2. The molecule has 140 valence electrons. The van der Waals surface area contributed by atoms with Crippen molar-refractivity contribution >= 4 is 29.3 Å². The number of hydrogen-bond donors (Lipinski definition) is 3. The second-order valence-corrected chi connectivity index (χ2v) is 6.06. The predicted octanol–water partition coefficient (Wildman–Crippen LogP) is 0.511. The summed E-state index contributed by atoms with van der Waals surface area (Å²) in [4.78, 5) is 4.50. The van der Waals surface area contributed by atoms with Gasteiger partial charge in [-0.1, -0.05) is 42.5 Å². The third-order valence-corrected chi connectivity index (χ3v) is 4.21. The highest BCUT2D eigenvalue weighted by Gasteiger charge is 2.14. The van der Waals surface area contributed by atoms with Gasteiger partial charge in [0.1, 0.15) is 0 Å². The number of hydrogen-bond acceptors (Lipinski definition) is 8. The molecule has 0 unspecified atom stereocenters. The molecule has 0 fully saturated rings. The quantitative estimate of drug-likeness (QED) is 0.417. The van der Waals surface area contributed by atoms with Crippen LogP contribution in [-0.4, -0.2) is 49.2 Å². The maximum absolute atomic E-state index is 9.32. The van der Waals surface area contributed by atoms with Gasteiger partial charge in [0, 0.05) is 11.9 Å². The van der Waals surface area contributed by atoms with Gasteiger partial charge in [-0.15, -0.1) is 10.2 Å². The van der Waals surface area contributed by atoms with Crippen molar-refractivity contribution in [3.63, 3.8) is 0 Å². The zero-order valence-corrected chi connectivity index (χ0v) is 15.0. The standard InChI is InChI=1S/C18H17BN6O3/c1-28-17-16(20-10-12-5-4-7-14(9-12)19(26)27)22-18(24-23-17)25-15-8-3-2-6-13(15)11-21-25/h2-9,11,26-27H,10H2,1H3,(H,20,22,24). The summed E-state index contributed by atoms with van der Waals surface area (Å²) in [5.41, 5.74) is 2.12. The van der Waals surface area contributed by atoms with Crippen molar-refractivity contribution in [2.75, 3.05) is 12.4 Å². The number of aromatic nitrogens is 5. The van der Waals surface area contributed by atoms with Gasteiger partial charge in [0.15, 0.2) is 5.82 Å². The summed E-state index contributed by atoms with van der Waals surface area (Å²) in [5.74, 6) is 0.963. The highest BCUT2D eigenvalue weighted by Crippen LogP contribution is 2.21. The van der Waals surface area contributed by atoms with Gasteiger partial charge in [-0.05, 0) is 17.1 Å². The fourth-order valence-electron chi connectivity index (χ4n) is 2.83. The van der Waals surface area contributed by atoms with Crippen LogP contribution in [-0.2, 0) is 6.54 Å². The van der Waals surface area contributed by atoms with Crippen LogP contribution < -0.4 is 15.5 Å². The van der Waals surface area contributed by atoms with Gasteiger partial charge in [-0.3, -0.25) is 0 Å². The van der Waals surface area contributed by atoms with Crippen molar-refractivity contribution in [1.82, 2.24) is 25.0 Å². The first-order chi connectivity index (χ1) is 13.7. The molecule has 3 N–H and O–H groups in total. The number of rotatable bonds is 6. The minimum Gasteiger partial charge on any atom is -0.477 e. The Morgan fingerprint density at radius 1 is 1.11 bits per heavy atom. The van der Waals surface area contributed by atoms with Crippen LogP contribution in [0.1, 0.15) is 5.56 Å².